The fourth-order valence-corrected chi connectivity index (χ4v) is 3.55. The minimum Gasteiger partial charge on any atom is -0.459 e. The summed E-state index contributed by atoms with van der Waals surface area (Å²) in [6.45, 7) is -0.162. The van der Waals surface area contributed by atoms with E-state index in [0.717, 1.165) is 11.3 Å². The number of nitrogens with zero attached hydrogens (tertiary/aromatic N) is 1. The number of thiophene rings is 1. The number of likely N-dealkylation sites (N-methyl/N-ethyl adjacent to an activating group) is 1. The number of anilines is 2. The van der Waals surface area contributed by atoms with Crippen molar-refractivity contribution >= 4 is 62.9 Å². The van der Waals surface area contributed by atoms with Gasteiger partial charge in [-0.05, 0) is 42.5 Å². The van der Waals surface area contributed by atoms with Crippen molar-refractivity contribution < 1.29 is 18.8 Å². The van der Waals surface area contributed by atoms with Gasteiger partial charge in [-0.1, -0.05) is 23.2 Å². The van der Waals surface area contributed by atoms with Gasteiger partial charge in [0.1, 0.15) is 0 Å². The molecule has 3 rings (SSSR count). The molecule has 1 aromatic carbocycles. The van der Waals surface area contributed by atoms with E-state index in [0.29, 0.717) is 25.6 Å². The second kappa shape index (κ2) is 9.13. The molecule has 0 fully saturated rings. The molecule has 0 bridgehead atoms. The van der Waals surface area contributed by atoms with Crippen molar-refractivity contribution in [1.29, 1.82) is 0 Å². The average Bonchev–Trinajstić information content (AvgIpc) is 3.36. The van der Waals surface area contributed by atoms with Crippen LogP contribution in [0.4, 0.5) is 10.7 Å². The van der Waals surface area contributed by atoms with E-state index in [1.807, 2.05) is 0 Å². The smallest absolute Gasteiger partial charge is 0.291 e. The summed E-state index contributed by atoms with van der Waals surface area (Å²) in [5.41, 5.74) is 0.476. The molecule has 0 saturated carbocycles. The van der Waals surface area contributed by atoms with E-state index in [1.165, 1.54) is 30.3 Å². The van der Waals surface area contributed by atoms with Crippen LogP contribution < -0.4 is 10.6 Å². The second-order valence-corrected chi connectivity index (χ2v) is 7.83. The number of nitrogens with one attached hydrogen (secondary N) is 2. The standard InChI is InChI=1S/C19H15Cl2N3O4S/c1-24(10-16(25)22-11-4-5-12(20)13(21)9-11)19(27)15-6-7-17(29-15)23-18(26)14-3-2-8-28-14/h2-9H,10H2,1H3,(H,22,25)(H,23,26). The van der Waals surface area contributed by atoms with Gasteiger partial charge in [-0.2, -0.15) is 0 Å². The van der Waals surface area contributed by atoms with Crippen molar-refractivity contribution in [2.45, 2.75) is 0 Å². The zero-order valence-corrected chi connectivity index (χ0v) is 17.4. The summed E-state index contributed by atoms with van der Waals surface area (Å²) < 4.78 is 5.02. The number of carbonyl (C=O) groups is 3. The Morgan fingerprint density at radius 3 is 2.55 bits per heavy atom. The van der Waals surface area contributed by atoms with Crippen molar-refractivity contribution in [1.82, 2.24) is 4.90 Å². The fraction of sp³-hybridized carbons (Fsp3) is 0.105. The lowest BCUT2D eigenvalue weighted by atomic mass is 10.3. The molecule has 2 heterocycles. The highest BCUT2D eigenvalue weighted by atomic mass is 35.5. The lowest BCUT2D eigenvalue weighted by molar-refractivity contribution is -0.116. The van der Waals surface area contributed by atoms with Crippen LogP contribution in [0.1, 0.15) is 20.2 Å². The topological polar surface area (TPSA) is 91.7 Å². The fourth-order valence-electron chi connectivity index (χ4n) is 2.35. The Bertz CT molecular complexity index is 1050. The highest BCUT2D eigenvalue weighted by Crippen LogP contribution is 2.25. The molecule has 150 valence electrons. The van der Waals surface area contributed by atoms with E-state index in [4.69, 9.17) is 27.6 Å². The van der Waals surface area contributed by atoms with E-state index in [-0.39, 0.29) is 24.1 Å². The Labute approximate surface area is 180 Å². The summed E-state index contributed by atoms with van der Waals surface area (Å²) in [4.78, 5) is 38.4. The van der Waals surface area contributed by atoms with E-state index < -0.39 is 5.91 Å². The molecule has 0 aliphatic heterocycles. The largest absolute Gasteiger partial charge is 0.459 e. The Morgan fingerprint density at radius 2 is 1.86 bits per heavy atom. The van der Waals surface area contributed by atoms with Crippen LogP contribution in [0.5, 0.6) is 0 Å². The number of amides is 3. The number of hydrogen-bond donors (Lipinski definition) is 2. The second-order valence-electron chi connectivity index (χ2n) is 5.93. The SMILES string of the molecule is CN(CC(=O)Nc1ccc(Cl)c(Cl)c1)C(=O)c1ccc(NC(=O)c2ccco2)s1. The van der Waals surface area contributed by atoms with Gasteiger partial charge in [0.25, 0.3) is 11.8 Å². The van der Waals surface area contributed by atoms with Crippen molar-refractivity contribution in [2.75, 3.05) is 24.2 Å². The Morgan fingerprint density at radius 1 is 1.07 bits per heavy atom. The van der Waals surface area contributed by atoms with Crippen molar-refractivity contribution in [3.63, 3.8) is 0 Å². The molecule has 0 spiro atoms. The van der Waals surface area contributed by atoms with Gasteiger partial charge in [0.2, 0.25) is 5.91 Å². The van der Waals surface area contributed by atoms with Crippen LogP contribution in [0.25, 0.3) is 0 Å². The first-order valence-corrected chi connectivity index (χ1v) is 9.86. The summed E-state index contributed by atoms with van der Waals surface area (Å²) in [7, 11) is 1.51. The molecule has 0 radical (unpaired) electrons. The molecule has 3 aromatic rings. The van der Waals surface area contributed by atoms with Gasteiger partial charge >= 0.3 is 0 Å². The maximum absolute atomic E-state index is 12.5. The Balaban J connectivity index is 1.57. The predicted molar refractivity (Wildman–Crippen MR) is 113 cm³/mol. The summed E-state index contributed by atoms with van der Waals surface area (Å²) in [5, 5.41) is 6.49. The van der Waals surface area contributed by atoms with Crippen LogP contribution in [0.2, 0.25) is 10.0 Å². The van der Waals surface area contributed by atoms with Crippen molar-refractivity contribution in [2.24, 2.45) is 0 Å². The van der Waals surface area contributed by atoms with Gasteiger partial charge < -0.3 is 20.0 Å². The van der Waals surface area contributed by atoms with Gasteiger partial charge in [0.15, 0.2) is 5.76 Å². The van der Waals surface area contributed by atoms with Crippen molar-refractivity contribution in [3.05, 3.63) is 69.4 Å². The number of rotatable bonds is 6. The predicted octanol–water partition coefficient (Wildman–Crippen LogP) is 4.61. The molecule has 2 N–H and O–H groups in total. The minimum atomic E-state index is -0.412. The quantitative estimate of drug-likeness (QED) is 0.572. The first-order chi connectivity index (χ1) is 13.8. The van der Waals surface area contributed by atoms with E-state index in [2.05, 4.69) is 10.6 Å². The molecule has 0 unspecified atom stereocenters. The van der Waals surface area contributed by atoms with E-state index in [9.17, 15) is 14.4 Å². The van der Waals surface area contributed by atoms with Gasteiger partial charge in [0, 0.05) is 12.7 Å². The molecule has 0 atom stereocenters. The maximum atomic E-state index is 12.5. The molecule has 2 aromatic heterocycles. The molecule has 3 amide bonds. The van der Waals surface area contributed by atoms with Gasteiger partial charge in [-0.15, -0.1) is 11.3 Å². The van der Waals surface area contributed by atoms with Gasteiger partial charge in [-0.25, -0.2) is 0 Å². The molecule has 7 nitrogen and oxygen atoms in total. The lowest BCUT2D eigenvalue weighted by Crippen LogP contribution is -2.34. The normalized spacial score (nSPS) is 10.4. The molecule has 0 aliphatic rings. The molecule has 0 aliphatic carbocycles. The minimum absolute atomic E-state index is 0.162. The summed E-state index contributed by atoms with van der Waals surface area (Å²) in [6.07, 6.45) is 1.40. The zero-order valence-electron chi connectivity index (χ0n) is 15.1. The molecular formula is C19H15Cl2N3O4S. The molecule has 10 heteroatoms. The van der Waals surface area contributed by atoms with Gasteiger partial charge in [-0.3, -0.25) is 14.4 Å². The highest BCUT2D eigenvalue weighted by Gasteiger charge is 2.18. The van der Waals surface area contributed by atoms with E-state index in [1.54, 1.807) is 30.3 Å². The molecular weight excluding hydrogens is 437 g/mol. The van der Waals surface area contributed by atoms with Crippen LogP contribution >= 0.6 is 34.5 Å². The summed E-state index contributed by atoms with van der Waals surface area (Å²) in [6, 6.07) is 11.0. The zero-order chi connectivity index (χ0) is 21.0. The average molecular weight is 452 g/mol. The van der Waals surface area contributed by atoms with Crippen LogP contribution in [0.15, 0.2) is 53.1 Å². The number of benzene rings is 1. The first kappa shape index (κ1) is 20.9. The van der Waals surface area contributed by atoms with Crippen molar-refractivity contribution in [3.8, 4) is 0 Å². The van der Waals surface area contributed by atoms with Crippen LogP contribution in [0.3, 0.4) is 0 Å². The maximum Gasteiger partial charge on any atom is 0.291 e. The van der Waals surface area contributed by atoms with Gasteiger partial charge in [0.05, 0.1) is 32.7 Å². The molecule has 0 saturated heterocycles. The third-order valence-electron chi connectivity index (χ3n) is 3.73. The number of halogens is 2. The lowest BCUT2D eigenvalue weighted by Gasteiger charge is -2.16. The number of hydrogen-bond acceptors (Lipinski definition) is 5. The van der Waals surface area contributed by atoms with E-state index >= 15 is 0 Å². The van der Waals surface area contributed by atoms with Crippen LogP contribution in [-0.2, 0) is 4.79 Å². The summed E-state index contributed by atoms with van der Waals surface area (Å²) >= 11 is 12.9. The van der Waals surface area contributed by atoms with Crippen LogP contribution in [0, 0.1) is 0 Å². The number of furan rings is 1. The third-order valence-corrected chi connectivity index (χ3v) is 5.46. The molecule has 29 heavy (non-hydrogen) atoms. The Kier molecular flexibility index (Phi) is 6.58. The number of carbonyl (C=O) groups excluding carboxylic acids is 3. The third kappa shape index (κ3) is 5.38. The van der Waals surface area contributed by atoms with Crippen LogP contribution in [-0.4, -0.2) is 36.2 Å². The highest BCUT2D eigenvalue weighted by molar-refractivity contribution is 7.18. The monoisotopic (exact) mass is 451 g/mol. The first-order valence-electron chi connectivity index (χ1n) is 8.28. The summed E-state index contributed by atoms with van der Waals surface area (Å²) in [5.74, 6) is -0.979. The Hall–Kier alpha value is -2.81.